The number of anilines is 3. The molecule has 1 spiro atoms. The Morgan fingerprint density at radius 3 is 2.04 bits per heavy atom. The Morgan fingerprint density at radius 1 is 0.540 bits per heavy atom. The molecule has 6 heterocycles. The number of aromatic nitrogens is 1. The molecular weight excluding hydrogens is 639 g/mol. The van der Waals surface area contributed by atoms with E-state index in [1.165, 1.54) is 108 Å². The number of rotatable bonds is 0. The molecule has 13 rings (SSSR count). The van der Waals surface area contributed by atoms with Crippen LogP contribution in [-0.4, -0.2) is 19.4 Å². The van der Waals surface area contributed by atoms with Crippen LogP contribution in [0.25, 0.3) is 53.5 Å². The van der Waals surface area contributed by atoms with Crippen LogP contribution in [0.15, 0.2) is 146 Å². The van der Waals surface area contributed by atoms with Gasteiger partial charge in [-0.05, 0) is 79.0 Å². The smallest absolute Gasteiger partial charge is 0.333 e. The molecule has 50 heavy (non-hydrogen) atoms. The number of aryl methyl sites for hydroxylation is 1. The lowest BCUT2D eigenvalue weighted by Gasteiger charge is -2.49. The molecular formula is C45H27BN2SSi. The zero-order chi connectivity index (χ0) is 32.5. The molecule has 2 nitrogen and oxygen atoms in total. The van der Waals surface area contributed by atoms with E-state index in [4.69, 9.17) is 0 Å². The summed E-state index contributed by atoms with van der Waals surface area (Å²) in [6.07, 6.45) is 0. The lowest BCUT2D eigenvalue weighted by Crippen LogP contribution is -2.77. The van der Waals surface area contributed by atoms with Crippen LogP contribution in [0.2, 0.25) is 0 Å². The molecule has 0 aliphatic carbocycles. The number of thiophene rings is 1. The van der Waals surface area contributed by atoms with Gasteiger partial charge in [0.2, 0.25) is 0 Å². The molecule has 0 saturated carbocycles. The third-order valence-corrected chi connectivity index (χ3v) is 18.3. The number of nitrogens with zero attached hydrogens (tertiary/aromatic N) is 2. The Morgan fingerprint density at radius 2 is 1.20 bits per heavy atom. The molecule has 0 saturated heterocycles. The molecule has 0 unspecified atom stereocenters. The quantitative estimate of drug-likeness (QED) is 0.153. The zero-order valence-corrected chi connectivity index (χ0v) is 29.1. The Kier molecular flexibility index (Phi) is 4.60. The molecule has 0 amide bonds. The second-order valence-electron chi connectivity index (χ2n) is 14.4. The average Bonchev–Trinajstić information content (AvgIpc) is 3.80. The molecule has 5 heteroatoms. The summed E-state index contributed by atoms with van der Waals surface area (Å²) in [5, 5.41) is 8.75. The largest absolute Gasteiger partial charge is 0.374 e. The van der Waals surface area contributed by atoms with E-state index in [9.17, 15) is 0 Å². The second kappa shape index (κ2) is 8.75. The number of benzene rings is 7. The Hall–Kier alpha value is -5.62. The van der Waals surface area contributed by atoms with Gasteiger partial charge in [-0.2, -0.15) is 0 Å². The van der Waals surface area contributed by atoms with Gasteiger partial charge >= 0.3 is 6.85 Å². The molecule has 2 aromatic heterocycles. The van der Waals surface area contributed by atoms with Crippen molar-refractivity contribution >= 4 is 106 Å². The third kappa shape index (κ3) is 2.75. The zero-order valence-electron chi connectivity index (χ0n) is 27.2. The fraction of sp³-hybridized carbons (Fsp3) is 0.0222. The van der Waals surface area contributed by atoms with Gasteiger partial charge in [0.05, 0.1) is 10.2 Å². The van der Waals surface area contributed by atoms with Crippen molar-refractivity contribution < 1.29 is 0 Å². The summed E-state index contributed by atoms with van der Waals surface area (Å²) >= 11 is 1.95. The van der Waals surface area contributed by atoms with Gasteiger partial charge in [-0.25, -0.2) is 0 Å². The minimum absolute atomic E-state index is 0.0582. The normalized spacial score (nSPS) is 15.0. The fourth-order valence-corrected chi connectivity index (χ4v) is 17.4. The van der Waals surface area contributed by atoms with Crippen molar-refractivity contribution in [2.75, 3.05) is 4.90 Å². The lowest BCUT2D eigenvalue weighted by molar-refractivity contribution is 1.25. The van der Waals surface area contributed by atoms with Gasteiger partial charge in [0.1, 0.15) is 0 Å². The van der Waals surface area contributed by atoms with E-state index < -0.39 is 8.07 Å². The van der Waals surface area contributed by atoms with E-state index in [1.807, 2.05) is 11.3 Å². The summed E-state index contributed by atoms with van der Waals surface area (Å²) < 4.78 is 5.50. The summed E-state index contributed by atoms with van der Waals surface area (Å²) in [5.74, 6) is 0. The summed E-state index contributed by atoms with van der Waals surface area (Å²) in [5.41, 5.74) is 16.5. The minimum atomic E-state index is -2.68. The summed E-state index contributed by atoms with van der Waals surface area (Å²) in [4.78, 5) is 2.67. The topological polar surface area (TPSA) is 8.17 Å². The number of fused-ring (bicyclic) bond motifs is 18. The van der Waals surface area contributed by atoms with Gasteiger partial charge in [0.25, 0.3) is 0 Å². The summed E-state index contributed by atoms with van der Waals surface area (Å²) in [6, 6.07) is 56.2. The van der Waals surface area contributed by atoms with Crippen molar-refractivity contribution in [1.82, 2.24) is 4.48 Å². The SMILES string of the molecule is Cc1cc2c3c(c1)N1c4ccccc4[Si]4(c5ccccc5-c5ccccc54)c4cccc(c41)B3n1c3c-2cccc3c2sc3ccccc3c21. The monoisotopic (exact) mass is 666 g/mol. The molecule has 0 atom stereocenters. The molecule has 0 fully saturated rings. The molecule has 230 valence electrons. The molecule has 4 aliphatic rings. The Bertz CT molecular complexity index is 3000. The summed E-state index contributed by atoms with van der Waals surface area (Å²) in [7, 11) is -2.68. The van der Waals surface area contributed by atoms with E-state index >= 15 is 0 Å². The van der Waals surface area contributed by atoms with Crippen LogP contribution in [0.5, 0.6) is 0 Å². The first-order chi connectivity index (χ1) is 24.7. The van der Waals surface area contributed by atoms with Crippen molar-refractivity contribution in [1.29, 1.82) is 0 Å². The van der Waals surface area contributed by atoms with Gasteiger partial charge < -0.3 is 9.38 Å². The van der Waals surface area contributed by atoms with Crippen molar-refractivity contribution in [3.05, 3.63) is 151 Å². The maximum absolute atomic E-state index is 2.75. The van der Waals surface area contributed by atoms with Crippen molar-refractivity contribution in [3.63, 3.8) is 0 Å². The van der Waals surface area contributed by atoms with Gasteiger partial charge in [-0.3, -0.25) is 0 Å². The van der Waals surface area contributed by atoms with E-state index in [-0.39, 0.29) is 6.85 Å². The number of hydrogen-bond acceptors (Lipinski definition) is 2. The van der Waals surface area contributed by atoms with Gasteiger partial charge in [-0.1, -0.05) is 127 Å². The fourth-order valence-electron chi connectivity index (χ4n) is 10.6. The molecule has 7 aromatic carbocycles. The lowest BCUT2D eigenvalue weighted by atomic mass is 9.45. The minimum Gasteiger partial charge on any atom is -0.374 e. The van der Waals surface area contributed by atoms with E-state index in [0.29, 0.717) is 0 Å². The van der Waals surface area contributed by atoms with Crippen molar-refractivity contribution in [2.45, 2.75) is 6.92 Å². The van der Waals surface area contributed by atoms with Crippen LogP contribution < -0.4 is 36.6 Å². The van der Waals surface area contributed by atoms with Crippen LogP contribution in [0.4, 0.5) is 17.1 Å². The highest BCUT2D eigenvalue weighted by Gasteiger charge is 2.56. The van der Waals surface area contributed by atoms with Crippen LogP contribution in [0.1, 0.15) is 5.56 Å². The first-order valence-corrected chi connectivity index (χ1v) is 20.4. The molecule has 0 bridgehead atoms. The Labute approximate surface area is 294 Å². The Balaban J connectivity index is 1.25. The number of para-hydroxylation sites is 3. The van der Waals surface area contributed by atoms with E-state index in [1.54, 1.807) is 0 Å². The van der Waals surface area contributed by atoms with Crippen molar-refractivity contribution in [2.24, 2.45) is 0 Å². The molecule has 9 aromatic rings. The highest BCUT2D eigenvalue weighted by molar-refractivity contribution is 7.27. The first-order valence-electron chi connectivity index (χ1n) is 17.6. The van der Waals surface area contributed by atoms with Crippen LogP contribution in [0.3, 0.4) is 0 Å². The first kappa shape index (κ1) is 26.3. The van der Waals surface area contributed by atoms with Gasteiger partial charge in [-0.15, -0.1) is 11.3 Å². The highest BCUT2D eigenvalue weighted by Crippen LogP contribution is 2.49. The average molecular weight is 667 g/mol. The van der Waals surface area contributed by atoms with Gasteiger partial charge in [0, 0.05) is 43.6 Å². The maximum atomic E-state index is 2.75. The summed E-state index contributed by atoms with van der Waals surface area (Å²) in [6.45, 7) is 2.34. The molecule has 0 N–H and O–H groups in total. The predicted molar refractivity (Wildman–Crippen MR) is 216 cm³/mol. The highest BCUT2D eigenvalue weighted by atomic mass is 32.1. The maximum Gasteiger partial charge on any atom is 0.333 e. The van der Waals surface area contributed by atoms with E-state index in [0.717, 1.165) is 0 Å². The van der Waals surface area contributed by atoms with Gasteiger partial charge in [0.15, 0.2) is 8.07 Å². The van der Waals surface area contributed by atoms with Crippen LogP contribution >= 0.6 is 11.3 Å². The van der Waals surface area contributed by atoms with Crippen molar-refractivity contribution in [3.8, 4) is 22.3 Å². The second-order valence-corrected chi connectivity index (χ2v) is 19.1. The molecule has 4 aliphatic heterocycles. The van der Waals surface area contributed by atoms with E-state index in [2.05, 4.69) is 162 Å². The van der Waals surface area contributed by atoms with Crippen LogP contribution in [0, 0.1) is 6.92 Å². The predicted octanol–water partition coefficient (Wildman–Crippen LogP) is 7.41. The van der Waals surface area contributed by atoms with Crippen LogP contribution in [-0.2, 0) is 0 Å². The molecule has 0 radical (unpaired) electrons. The standard InChI is InChI=1S/C45H27BN2SSi/c1-26-24-32-29-15-10-16-31-42(29)48(43-30-14-2-6-19-36(30)49-45(31)43)46-33-17-11-23-40-44(33)47(35(25-26)41(32)46)34-18-5-9-22-39(34)50(40)37-20-7-3-12-27(37)28-13-4-8-21-38(28)50/h2-25H,1H3. The third-order valence-electron chi connectivity index (χ3n) is 12.2. The number of hydrogen-bond donors (Lipinski definition) is 0.